The van der Waals surface area contributed by atoms with E-state index in [-0.39, 0.29) is 0 Å². The van der Waals surface area contributed by atoms with Gasteiger partial charge >= 0.3 is 7.12 Å². The van der Waals surface area contributed by atoms with Crippen molar-refractivity contribution in [2.75, 3.05) is 0 Å². The maximum atomic E-state index is 13.6. The van der Waals surface area contributed by atoms with Gasteiger partial charge in [0.1, 0.15) is 17.5 Å². The molecule has 0 aliphatic carbocycles. The summed E-state index contributed by atoms with van der Waals surface area (Å²) in [5, 5.41) is 0. The number of rotatable bonds is 1. The van der Waals surface area contributed by atoms with E-state index in [2.05, 4.69) is 0 Å². The van der Waals surface area contributed by atoms with Crippen LogP contribution in [0.5, 0.6) is 11.5 Å². The van der Waals surface area contributed by atoms with Crippen molar-refractivity contribution < 1.29 is 31.3 Å². The SMILES string of the molecule is Fc1cc(F)c(B2Oc3c(F)ccc(F)c3O2)c(F)c1. The molecule has 0 amide bonds. The van der Waals surface area contributed by atoms with Crippen LogP contribution >= 0.6 is 0 Å². The van der Waals surface area contributed by atoms with Crippen LogP contribution in [0.25, 0.3) is 0 Å². The summed E-state index contributed by atoms with van der Waals surface area (Å²) < 4.78 is 76.5. The van der Waals surface area contributed by atoms with Crippen molar-refractivity contribution in [2.24, 2.45) is 0 Å². The van der Waals surface area contributed by atoms with Crippen molar-refractivity contribution in [3.63, 3.8) is 0 Å². The zero-order chi connectivity index (χ0) is 14.4. The summed E-state index contributed by atoms with van der Waals surface area (Å²) in [6, 6.07) is 2.41. The second-order valence-electron chi connectivity index (χ2n) is 4.04. The third-order valence-electron chi connectivity index (χ3n) is 2.75. The molecule has 0 unspecified atom stereocenters. The molecule has 0 aromatic heterocycles. The molecule has 1 aliphatic rings. The van der Waals surface area contributed by atoms with E-state index in [1.54, 1.807) is 0 Å². The maximum absolute atomic E-state index is 13.6. The zero-order valence-electron chi connectivity index (χ0n) is 9.59. The van der Waals surface area contributed by atoms with E-state index in [0.717, 1.165) is 12.1 Å². The molecule has 0 atom stereocenters. The van der Waals surface area contributed by atoms with Gasteiger partial charge in [-0.3, -0.25) is 0 Å². The van der Waals surface area contributed by atoms with Crippen molar-refractivity contribution in [3.05, 3.63) is 53.4 Å². The average molecular weight is 286 g/mol. The number of hydrogen-bond donors (Lipinski definition) is 0. The van der Waals surface area contributed by atoms with E-state index >= 15 is 0 Å². The molecule has 8 heteroatoms. The third kappa shape index (κ3) is 1.88. The van der Waals surface area contributed by atoms with Gasteiger partial charge in [0.2, 0.25) is 0 Å². The number of fused-ring (bicyclic) bond motifs is 1. The summed E-state index contributed by atoms with van der Waals surface area (Å²) in [6.45, 7) is 0. The summed E-state index contributed by atoms with van der Waals surface area (Å²) in [5.74, 6) is -6.73. The quantitative estimate of drug-likeness (QED) is 0.592. The minimum Gasteiger partial charge on any atom is -0.517 e. The molecule has 2 aromatic carbocycles. The molecule has 0 radical (unpaired) electrons. The van der Waals surface area contributed by atoms with Gasteiger partial charge in [-0.2, -0.15) is 0 Å². The predicted octanol–water partition coefficient (Wildman–Crippen LogP) is 2.55. The Balaban J connectivity index is 2.05. The van der Waals surface area contributed by atoms with Crippen molar-refractivity contribution in [1.82, 2.24) is 0 Å². The lowest BCUT2D eigenvalue weighted by atomic mass is 9.78. The molecule has 3 rings (SSSR count). The van der Waals surface area contributed by atoms with E-state index in [4.69, 9.17) is 9.31 Å². The minimum absolute atomic E-state index is 0.417. The van der Waals surface area contributed by atoms with Crippen molar-refractivity contribution in [2.45, 2.75) is 0 Å². The lowest BCUT2D eigenvalue weighted by Crippen LogP contribution is -2.43. The van der Waals surface area contributed by atoms with Gasteiger partial charge in [-0.05, 0) is 12.1 Å². The maximum Gasteiger partial charge on any atom is 0.639 e. The highest BCUT2D eigenvalue weighted by molar-refractivity contribution is 6.63. The van der Waals surface area contributed by atoms with Gasteiger partial charge in [-0.15, -0.1) is 0 Å². The topological polar surface area (TPSA) is 18.5 Å². The molecule has 0 saturated carbocycles. The largest absolute Gasteiger partial charge is 0.639 e. The molecule has 0 bridgehead atoms. The van der Waals surface area contributed by atoms with Crippen LogP contribution in [0.15, 0.2) is 24.3 Å². The molecule has 20 heavy (non-hydrogen) atoms. The van der Waals surface area contributed by atoms with Crippen LogP contribution in [-0.2, 0) is 0 Å². The van der Waals surface area contributed by atoms with Gasteiger partial charge < -0.3 is 9.31 Å². The lowest BCUT2D eigenvalue weighted by molar-refractivity contribution is 0.479. The zero-order valence-corrected chi connectivity index (χ0v) is 9.59. The van der Waals surface area contributed by atoms with E-state index in [1.807, 2.05) is 0 Å². The van der Waals surface area contributed by atoms with Crippen LogP contribution in [-0.4, -0.2) is 7.12 Å². The highest BCUT2D eigenvalue weighted by atomic mass is 19.2. The Kier molecular flexibility index (Phi) is 2.81. The molecule has 102 valence electrons. The average Bonchev–Trinajstić information content (AvgIpc) is 2.78. The van der Waals surface area contributed by atoms with Gasteiger partial charge in [-0.1, -0.05) is 0 Å². The van der Waals surface area contributed by atoms with Crippen LogP contribution < -0.4 is 14.8 Å². The number of halogens is 5. The Labute approximate surface area is 109 Å². The first-order valence-corrected chi connectivity index (χ1v) is 5.43. The van der Waals surface area contributed by atoms with Crippen LogP contribution in [0.4, 0.5) is 22.0 Å². The van der Waals surface area contributed by atoms with Crippen LogP contribution in [0, 0.1) is 29.1 Å². The molecule has 2 aromatic rings. The molecular weight excluding hydrogens is 282 g/mol. The first kappa shape index (κ1) is 12.8. The summed E-state index contributed by atoms with van der Waals surface area (Å²) in [6.07, 6.45) is 0. The molecular formula is C12H4BF5O2. The molecule has 0 spiro atoms. The Morgan fingerprint density at radius 2 is 1.15 bits per heavy atom. The lowest BCUT2D eigenvalue weighted by Gasteiger charge is -2.07. The summed E-state index contributed by atoms with van der Waals surface area (Å²) in [7, 11) is -1.72. The van der Waals surface area contributed by atoms with Gasteiger partial charge in [0.25, 0.3) is 0 Å². The first-order chi connectivity index (χ1) is 9.47. The molecule has 1 aliphatic heterocycles. The van der Waals surface area contributed by atoms with Gasteiger partial charge in [0, 0.05) is 12.1 Å². The smallest absolute Gasteiger partial charge is 0.517 e. The highest BCUT2D eigenvalue weighted by Crippen LogP contribution is 2.38. The van der Waals surface area contributed by atoms with E-state index < -0.39 is 53.2 Å². The fourth-order valence-corrected chi connectivity index (χ4v) is 1.87. The molecule has 0 N–H and O–H groups in total. The van der Waals surface area contributed by atoms with Gasteiger partial charge in [0.15, 0.2) is 23.1 Å². The summed E-state index contributed by atoms with van der Waals surface area (Å²) in [4.78, 5) is 0. The normalized spacial score (nSPS) is 12.9. The second kappa shape index (κ2) is 4.40. The van der Waals surface area contributed by atoms with E-state index in [0.29, 0.717) is 12.1 Å². The Hall–Kier alpha value is -2.25. The summed E-state index contributed by atoms with van der Waals surface area (Å²) >= 11 is 0. The molecule has 0 fully saturated rings. The Morgan fingerprint density at radius 3 is 1.60 bits per heavy atom. The van der Waals surface area contributed by atoms with Crippen LogP contribution in [0.2, 0.25) is 0 Å². The molecule has 1 heterocycles. The van der Waals surface area contributed by atoms with Crippen molar-refractivity contribution in [3.8, 4) is 11.5 Å². The van der Waals surface area contributed by atoms with Crippen molar-refractivity contribution >= 4 is 12.6 Å². The third-order valence-corrected chi connectivity index (χ3v) is 2.75. The Morgan fingerprint density at radius 1 is 0.700 bits per heavy atom. The van der Waals surface area contributed by atoms with Crippen molar-refractivity contribution in [1.29, 1.82) is 0 Å². The van der Waals surface area contributed by atoms with Gasteiger partial charge in [-0.25, -0.2) is 22.0 Å². The predicted molar refractivity (Wildman–Crippen MR) is 59.3 cm³/mol. The van der Waals surface area contributed by atoms with Crippen LogP contribution in [0.1, 0.15) is 0 Å². The van der Waals surface area contributed by atoms with E-state index in [1.165, 1.54) is 0 Å². The second-order valence-corrected chi connectivity index (χ2v) is 4.04. The summed E-state index contributed by atoms with van der Waals surface area (Å²) in [5.41, 5.74) is -0.763. The highest BCUT2D eigenvalue weighted by Gasteiger charge is 2.42. The van der Waals surface area contributed by atoms with E-state index in [9.17, 15) is 22.0 Å². The fraction of sp³-hybridized carbons (Fsp3) is 0. The fourth-order valence-electron chi connectivity index (χ4n) is 1.87. The molecule has 0 saturated heterocycles. The number of benzene rings is 2. The first-order valence-electron chi connectivity index (χ1n) is 5.43. The van der Waals surface area contributed by atoms with Crippen LogP contribution in [0.3, 0.4) is 0 Å². The van der Waals surface area contributed by atoms with Gasteiger partial charge in [0.05, 0.1) is 5.46 Å². The number of hydrogen-bond acceptors (Lipinski definition) is 2. The Bertz CT molecular complexity index is 652. The standard InChI is InChI=1S/C12H4BF5O2/c14-5-3-8(17)10(9(18)4-5)13-19-11-6(15)1-2-7(16)12(11)20-13/h1-4H. The monoisotopic (exact) mass is 286 g/mol. The minimum atomic E-state index is -1.72. The molecule has 2 nitrogen and oxygen atoms in total.